The fourth-order valence-electron chi connectivity index (χ4n) is 3.64. The minimum absolute atomic E-state index is 0.157. The summed E-state index contributed by atoms with van der Waals surface area (Å²) in [6, 6.07) is 0.501. The van der Waals surface area contributed by atoms with Crippen LogP contribution in [0.5, 0.6) is 0 Å². The molecule has 104 valence electrons. The van der Waals surface area contributed by atoms with Crippen LogP contribution in [-0.4, -0.2) is 48.7 Å². The molecule has 1 saturated carbocycles. The first-order valence-electron chi connectivity index (χ1n) is 7.37. The zero-order chi connectivity index (χ0) is 12.5. The molecule has 1 aliphatic carbocycles. The molecular weight excluding hydrogens is 230 g/mol. The summed E-state index contributed by atoms with van der Waals surface area (Å²) in [6.45, 7) is 2.70. The lowest BCUT2D eigenvalue weighted by molar-refractivity contribution is -0.0861. The van der Waals surface area contributed by atoms with Crippen LogP contribution >= 0.6 is 0 Å². The summed E-state index contributed by atoms with van der Waals surface area (Å²) in [5.74, 6) is 0. The Hall–Kier alpha value is -0.160. The normalized spacial score (nSPS) is 39.5. The van der Waals surface area contributed by atoms with Crippen molar-refractivity contribution in [2.24, 2.45) is 0 Å². The van der Waals surface area contributed by atoms with Crippen LogP contribution < -0.4 is 5.32 Å². The smallest absolute Gasteiger partial charge is 0.102 e. The predicted octanol–water partition coefficient (Wildman–Crippen LogP) is 1.22. The van der Waals surface area contributed by atoms with Crippen molar-refractivity contribution in [2.75, 3.05) is 26.4 Å². The second-order valence-corrected chi connectivity index (χ2v) is 6.34. The van der Waals surface area contributed by atoms with E-state index in [0.29, 0.717) is 25.8 Å². The monoisotopic (exact) mass is 255 g/mol. The zero-order valence-corrected chi connectivity index (χ0v) is 11.1. The lowest BCUT2D eigenvalue weighted by atomic mass is 9.88. The second-order valence-electron chi connectivity index (χ2n) is 6.34. The molecular formula is C14H25NO3. The van der Waals surface area contributed by atoms with Gasteiger partial charge in [0.2, 0.25) is 0 Å². The molecule has 0 amide bonds. The molecule has 2 atom stereocenters. The Labute approximate surface area is 109 Å². The topological polar surface area (TPSA) is 50.7 Å². The maximum Gasteiger partial charge on any atom is 0.102 e. The Morgan fingerprint density at radius 1 is 1.17 bits per heavy atom. The molecule has 2 saturated heterocycles. The van der Waals surface area contributed by atoms with Crippen LogP contribution in [0.25, 0.3) is 0 Å². The highest BCUT2D eigenvalue weighted by Crippen LogP contribution is 2.40. The van der Waals surface area contributed by atoms with Gasteiger partial charge in [0.1, 0.15) is 5.60 Å². The van der Waals surface area contributed by atoms with Gasteiger partial charge in [0, 0.05) is 32.2 Å². The maximum atomic E-state index is 10.3. The van der Waals surface area contributed by atoms with E-state index < -0.39 is 5.60 Å². The molecule has 0 aromatic carbocycles. The summed E-state index contributed by atoms with van der Waals surface area (Å²) in [7, 11) is 0. The lowest BCUT2D eigenvalue weighted by Gasteiger charge is -2.39. The first kappa shape index (κ1) is 12.9. The van der Waals surface area contributed by atoms with Gasteiger partial charge in [-0.1, -0.05) is 12.8 Å². The van der Waals surface area contributed by atoms with Crippen LogP contribution in [0.2, 0.25) is 0 Å². The van der Waals surface area contributed by atoms with Crippen molar-refractivity contribution in [3.05, 3.63) is 0 Å². The van der Waals surface area contributed by atoms with Crippen molar-refractivity contribution < 1.29 is 14.6 Å². The Morgan fingerprint density at radius 2 is 2.00 bits per heavy atom. The van der Waals surface area contributed by atoms with Crippen molar-refractivity contribution >= 4 is 0 Å². The minimum Gasteiger partial charge on any atom is -0.386 e. The van der Waals surface area contributed by atoms with E-state index in [1.807, 2.05) is 0 Å². The summed E-state index contributed by atoms with van der Waals surface area (Å²) in [4.78, 5) is 0. The van der Waals surface area contributed by atoms with E-state index in [0.717, 1.165) is 25.9 Å². The maximum absolute atomic E-state index is 10.3. The van der Waals surface area contributed by atoms with Crippen molar-refractivity contribution in [3.8, 4) is 0 Å². The van der Waals surface area contributed by atoms with Crippen LogP contribution in [-0.2, 0) is 9.47 Å². The van der Waals surface area contributed by atoms with Gasteiger partial charge in [-0.25, -0.2) is 0 Å². The van der Waals surface area contributed by atoms with Crippen LogP contribution in [0, 0.1) is 0 Å². The number of rotatable bonds is 3. The molecule has 1 spiro atoms. The van der Waals surface area contributed by atoms with Crippen LogP contribution in [0.4, 0.5) is 0 Å². The summed E-state index contributed by atoms with van der Waals surface area (Å²) in [5.41, 5.74) is -0.480. The highest BCUT2D eigenvalue weighted by atomic mass is 16.5. The van der Waals surface area contributed by atoms with Gasteiger partial charge >= 0.3 is 0 Å². The van der Waals surface area contributed by atoms with E-state index >= 15 is 0 Å². The van der Waals surface area contributed by atoms with E-state index in [1.165, 1.54) is 25.7 Å². The van der Waals surface area contributed by atoms with Gasteiger partial charge < -0.3 is 19.9 Å². The molecule has 2 heterocycles. The summed E-state index contributed by atoms with van der Waals surface area (Å²) in [6.07, 6.45) is 8.00. The average molecular weight is 255 g/mol. The zero-order valence-electron chi connectivity index (χ0n) is 11.1. The summed E-state index contributed by atoms with van der Waals surface area (Å²) in [5, 5.41) is 13.8. The highest BCUT2D eigenvalue weighted by Gasteiger charge is 2.40. The lowest BCUT2D eigenvalue weighted by Crippen LogP contribution is -2.50. The highest BCUT2D eigenvalue weighted by molar-refractivity contribution is 4.95. The van der Waals surface area contributed by atoms with E-state index in [4.69, 9.17) is 9.47 Å². The van der Waals surface area contributed by atoms with Crippen LogP contribution in [0.15, 0.2) is 0 Å². The quantitative estimate of drug-likeness (QED) is 0.796. The van der Waals surface area contributed by atoms with E-state index in [2.05, 4.69) is 5.32 Å². The summed E-state index contributed by atoms with van der Waals surface area (Å²) < 4.78 is 11.3. The first-order chi connectivity index (χ1) is 8.70. The van der Waals surface area contributed by atoms with E-state index in [1.54, 1.807) is 0 Å². The minimum atomic E-state index is -0.638. The molecule has 0 bridgehead atoms. The number of nitrogens with one attached hydrogen (secondary N) is 1. The molecule has 18 heavy (non-hydrogen) atoms. The summed E-state index contributed by atoms with van der Waals surface area (Å²) >= 11 is 0. The van der Waals surface area contributed by atoms with Crippen molar-refractivity contribution in [1.82, 2.24) is 5.32 Å². The fraction of sp³-hybridized carbons (Fsp3) is 1.00. The molecule has 4 nitrogen and oxygen atoms in total. The van der Waals surface area contributed by atoms with E-state index in [-0.39, 0.29) is 5.60 Å². The number of ether oxygens (including phenoxy) is 2. The van der Waals surface area contributed by atoms with Crippen molar-refractivity contribution in [3.63, 3.8) is 0 Å². The molecule has 2 aliphatic heterocycles. The van der Waals surface area contributed by atoms with Gasteiger partial charge in [-0.3, -0.25) is 0 Å². The number of aliphatic hydroxyl groups is 1. The average Bonchev–Trinajstić information content (AvgIpc) is 2.98. The Balaban J connectivity index is 1.50. The van der Waals surface area contributed by atoms with Gasteiger partial charge in [0.15, 0.2) is 0 Å². The van der Waals surface area contributed by atoms with Crippen LogP contribution in [0.3, 0.4) is 0 Å². The molecule has 2 N–H and O–H groups in total. The van der Waals surface area contributed by atoms with Gasteiger partial charge in [0.05, 0.1) is 12.2 Å². The second kappa shape index (κ2) is 5.08. The molecule has 3 rings (SSSR count). The molecule has 2 unspecified atom stereocenters. The Kier molecular flexibility index (Phi) is 3.63. The molecule has 0 aromatic rings. The Morgan fingerprint density at radius 3 is 2.72 bits per heavy atom. The number of hydrogen-bond acceptors (Lipinski definition) is 4. The largest absolute Gasteiger partial charge is 0.386 e. The predicted molar refractivity (Wildman–Crippen MR) is 68.6 cm³/mol. The molecule has 4 heteroatoms. The van der Waals surface area contributed by atoms with Gasteiger partial charge in [-0.2, -0.15) is 0 Å². The van der Waals surface area contributed by atoms with Crippen molar-refractivity contribution in [2.45, 2.75) is 62.2 Å². The standard InChI is InChI=1S/C14H25NO3/c16-13(6-8-17-11-13)10-15-12-3-7-18-14(9-12)4-1-2-5-14/h12,15-16H,1-11H2. The van der Waals surface area contributed by atoms with Gasteiger partial charge in [-0.15, -0.1) is 0 Å². The van der Waals surface area contributed by atoms with Gasteiger partial charge in [-0.05, 0) is 25.7 Å². The SMILES string of the molecule is OC1(CNC2CCOC3(CCCC3)C2)CCOC1. The molecule has 0 radical (unpaired) electrons. The first-order valence-corrected chi connectivity index (χ1v) is 7.37. The van der Waals surface area contributed by atoms with Gasteiger partial charge in [0.25, 0.3) is 0 Å². The number of hydrogen-bond donors (Lipinski definition) is 2. The van der Waals surface area contributed by atoms with Crippen LogP contribution in [0.1, 0.15) is 44.9 Å². The fourth-order valence-corrected chi connectivity index (χ4v) is 3.64. The third kappa shape index (κ3) is 2.72. The molecule has 3 fully saturated rings. The third-order valence-corrected chi connectivity index (χ3v) is 4.81. The molecule has 0 aromatic heterocycles. The Bertz CT molecular complexity index is 283. The molecule has 3 aliphatic rings. The van der Waals surface area contributed by atoms with Crippen molar-refractivity contribution in [1.29, 1.82) is 0 Å². The van der Waals surface area contributed by atoms with E-state index in [9.17, 15) is 5.11 Å². The third-order valence-electron chi connectivity index (χ3n) is 4.81.